The quantitative estimate of drug-likeness (QED) is 0.354. The van der Waals surface area contributed by atoms with E-state index in [2.05, 4.69) is 36.9 Å². The molecule has 0 unspecified atom stereocenters. The molecule has 0 aliphatic carbocycles. The molecule has 0 radical (unpaired) electrons. The minimum Gasteiger partial charge on any atom is -0.386 e. The van der Waals surface area contributed by atoms with E-state index in [0.717, 1.165) is 10.0 Å². The standard InChI is InChI=1S/C9H8Br2Cl2N2/c1-4-2-5(10)8(13)7(11)9(4)15-6(14)3-12/h2H,3H2,1H3,(H2,14,15). The van der Waals surface area contributed by atoms with Crippen molar-refractivity contribution >= 4 is 66.6 Å². The maximum atomic E-state index is 6.04. The van der Waals surface area contributed by atoms with Crippen molar-refractivity contribution in [1.29, 1.82) is 0 Å². The fourth-order valence-corrected chi connectivity index (χ4v) is 2.64. The Morgan fingerprint density at radius 2 is 2.13 bits per heavy atom. The molecule has 82 valence electrons. The molecule has 0 saturated heterocycles. The van der Waals surface area contributed by atoms with Crippen LogP contribution in [0.15, 0.2) is 20.0 Å². The average Bonchev–Trinajstić information content (AvgIpc) is 2.21. The third-order valence-corrected chi connectivity index (χ3v) is 4.24. The first-order chi connectivity index (χ1) is 6.97. The van der Waals surface area contributed by atoms with Crippen molar-refractivity contribution in [3.8, 4) is 0 Å². The van der Waals surface area contributed by atoms with E-state index < -0.39 is 0 Å². The number of aryl methyl sites for hydroxylation is 1. The van der Waals surface area contributed by atoms with E-state index in [1.807, 2.05) is 13.0 Å². The second-order valence-electron chi connectivity index (χ2n) is 2.89. The first-order valence-electron chi connectivity index (χ1n) is 4.00. The number of rotatable bonds is 2. The summed E-state index contributed by atoms with van der Waals surface area (Å²) in [4.78, 5) is 4.19. The number of aliphatic imine (C=N–C) groups is 1. The lowest BCUT2D eigenvalue weighted by molar-refractivity contribution is 1.34. The first kappa shape index (κ1) is 13.3. The molecule has 1 aromatic carbocycles. The molecule has 2 nitrogen and oxygen atoms in total. The van der Waals surface area contributed by atoms with Crippen LogP contribution >= 0.6 is 55.1 Å². The van der Waals surface area contributed by atoms with Crippen molar-refractivity contribution in [2.24, 2.45) is 10.7 Å². The number of nitrogens with zero attached hydrogens (tertiary/aromatic N) is 1. The molecule has 15 heavy (non-hydrogen) atoms. The molecule has 0 spiro atoms. The van der Waals surface area contributed by atoms with Crippen molar-refractivity contribution in [3.63, 3.8) is 0 Å². The van der Waals surface area contributed by atoms with Crippen LogP contribution in [0.1, 0.15) is 5.56 Å². The summed E-state index contributed by atoms with van der Waals surface area (Å²) in [6.45, 7) is 1.92. The SMILES string of the molecule is Cc1cc(Br)c(Cl)c(Br)c1N=C(N)CCl. The van der Waals surface area contributed by atoms with Crippen LogP contribution in [-0.2, 0) is 0 Å². The number of halogens is 4. The highest BCUT2D eigenvalue weighted by atomic mass is 79.9. The molecule has 0 aromatic heterocycles. The highest BCUT2D eigenvalue weighted by Gasteiger charge is 2.11. The predicted molar refractivity (Wildman–Crippen MR) is 73.6 cm³/mol. The monoisotopic (exact) mass is 372 g/mol. The van der Waals surface area contributed by atoms with Gasteiger partial charge in [0.25, 0.3) is 0 Å². The molecule has 1 aromatic rings. The van der Waals surface area contributed by atoms with Gasteiger partial charge in [0, 0.05) is 4.47 Å². The number of nitrogens with two attached hydrogens (primary N) is 1. The predicted octanol–water partition coefficient (Wildman–Crippen LogP) is 4.40. The Kier molecular flexibility index (Phi) is 4.90. The minimum absolute atomic E-state index is 0.194. The van der Waals surface area contributed by atoms with E-state index in [0.29, 0.717) is 21.0 Å². The molecule has 0 aliphatic rings. The summed E-state index contributed by atoms with van der Waals surface area (Å²) in [5.41, 5.74) is 7.25. The smallest absolute Gasteiger partial charge is 0.115 e. The van der Waals surface area contributed by atoms with Gasteiger partial charge in [0.2, 0.25) is 0 Å². The Labute approximate surface area is 115 Å². The van der Waals surface area contributed by atoms with E-state index in [-0.39, 0.29) is 5.88 Å². The van der Waals surface area contributed by atoms with Gasteiger partial charge in [0.05, 0.1) is 21.1 Å². The molecule has 0 bridgehead atoms. The Hall–Kier alpha value is 0.230. The van der Waals surface area contributed by atoms with Crippen molar-refractivity contribution in [2.45, 2.75) is 6.92 Å². The molecule has 0 aliphatic heterocycles. The van der Waals surface area contributed by atoms with Crippen LogP contribution in [0.3, 0.4) is 0 Å². The van der Waals surface area contributed by atoms with Crippen LogP contribution in [0, 0.1) is 6.92 Å². The minimum atomic E-state index is 0.194. The average molecular weight is 375 g/mol. The Morgan fingerprint density at radius 1 is 1.53 bits per heavy atom. The molecule has 0 amide bonds. The van der Waals surface area contributed by atoms with Gasteiger partial charge in [-0.3, -0.25) is 0 Å². The lowest BCUT2D eigenvalue weighted by Crippen LogP contribution is -2.12. The zero-order chi connectivity index (χ0) is 11.6. The van der Waals surface area contributed by atoms with Crippen LogP contribution in [0.4, 0.5) is 5.69 Å². The largest absolute Gasteiger partial charge is 0.386 e. The van der Waals surface area contributed by atoms with Gasteiger partial charge in [0.1, 0.15) is 5.84 Å². The second-order valence-corrected chi connectivity index (χ2v) is 5.18. The summed E-state index contributed by atoms with van der Waals surface area (Å²) in [5.74, 6) is 0.554. The number of alkyl halides is 1. The molecule has 0 heterocycles. The lowest BCUT2D eigenvalue weighted by Gasteiger charge is -2.08. The molecular formula is C9H8Br2Cl2N2. The second kappa shape index (κ2) is 5.53. The first-order valence-corrected chi connectivity index (χ1v) is 6.50. The van der Waals surface area contributed by atoms with Crippen LogP contribution in [-0.4, -0.2) is 11.7 Å². The van der Waals surface area contributed by atoms with E-state index in [9.17, 15) is 0 Å². The van der Waals surface area contributed by atoms with Gasteiger partial charge >= 0.3 is 0 Å². The molecule has 0 saturated carbocycles. The number of hydrogen-bond donors (Lipinski definition) is 1. The van der Waals surface area contributed by atoms with Crippen molar-refractivity contribution in [1.82, 2.24) is 0 Å². The normalized spacial score (nSPS) is 11.9. The molecule has 0 atom stereocenters. The number of benzene rings is 1. The van der Waals surface area contributed by atoms with Gasteiger partial charge in [-0.1, -0.05) is 11.6 Å². The molecule has 2 N–H and O–H groups in total. The van der Waals surface area contributed by atoms with Gasteiger partial charge < -0.3 is 5.73 Å². The third kappa shape index (κ3) is 3.09. The van der Waals surface area contributed by atoms with Gasteiger partial charge in [0.15, 0.2) is 0 Å². The summed E-state index contributed by atoms with van der Waals surface area (Å²) in [5, 5.41) is 0.571. The molecule has 1 rings (SSSR count). The highest BCUT2D eigenvalue weighted by Crippen LogP contribution is 2.40. The molecule has 0 fully saturated rings. The van der Waals surface area contributed by atoms with E-state index in [4.69, 9.17) is 28.9 Å². The Balaban J connectivity index is 3.36. The summed E-state index contributed by atoms with van der Waals surface area (Å²) >= 11 is 18.3. The Bertz CT molecular complexity index is 419. The third-order valence-electron chi connectivity index (χ3n) is 1.72. The Morgan fingerprint density at radius 3 is 2.67 bits per heavy atom. The zero-order valence-corrected chi connectivity index (χ0v) is 12.5. The fourth-order valence-electron chi connectivity index (χ4n) is 1.01. The summed E-state index contributed by atoms with van der Waals surface area (Å²) in [7, 11) is 0. The zero-order valence-electron chi connectivity index (χ0n) is 7.82. The number of hydrogen-bond acceptors (Lipinski definition) is 1. The van der Waals surface area contributed by atoms with Gasteiger partial charge in [-0.25, -0.2) is 4.99 Å². The summed E-state index contributed by atoms with van der Waals surface area (Å²) in [6, 6.07) is 1.88. The lowest BCUT2D eigenvalue weighted by atomic mass is 10.2. The van der Waals surface area contributed by atoms with Crippen molar-refractivity contribution in [2.75, 3.05) is 5.88 Å². The van der Waals surface area contributed by atoms with Crippen LogP contribution in [0.2, 0.25) is 5.02 Å². The summed E-state index contributed by atoms with van der Waals surface area (Å²) < 4.78 is 1.53. The number of amidine groups is 1. The van der Waals surface area contributed by atoms with Crippen molar-refractivity contribution < 1.29 is 0 Å². The highest BCUT2D eigenvalue weighted by molar-refractivity contribution is 9.11. The van der Waals surface area contributed by atoms with Gasteiger partial charge in [-0.05, 0) is 50.4 Å². The topological polar surface area (TPSA) is 38.4 Å². The van der Waals surface area contributed by atoms with Gasteiger partial charge in [-0.15, -0.1) is 11.6 Å². The van der Waals surface area contributed by atoms with Crippen LogP contribution in [0.5, 0.6) is 0 Å². The summed E-state index contributed by atoms with van der Waals surface area (Å²) in [6.07, 6.45) is 0. The fraction of sp³-hybridized carbons (Fsp3) is 0.222. The van der Waals surface area contributed by atoms with Crippen LogP contribution in [0.25, 0.3) is 0 Å². The van der Waals surface area contributed by atoms with E-state index in [1.54, 1.807) is 0 Å². The van der Waals surface area contributed by atoms with Gasteiger partial charge in [-0.2, -0.15) is 0 Å². The molecule has 6 heteroatoms. The maximum Gasteiger partial charge on any atom is 0.115 e. The van der Waals surface area contributed by atoms with E-state index in [1.165, 1.54) is 0 Å². The molecular weight excluding hydrogens is 367 g/mol. The van der Waals surface area contributed by atoms with Crippen molar-refractivity contribution in [3.05, 3.63) is 25.6 Å². The maximum absolute atomic E-state index is 6.04. The van der Waals surface area contributed by atoms with E-state index >= 15 is 0 Å². The van der Waals surface area contributed by atoms with Crippen LogP contribution < -0.4 is 5.73 Å².